The highest BCUT2D eigenvalue weighted by atomic mass is 16.1. The Morgan fingerprint density at radius 2 is 1.86 bits per heavy atom. The van der Waals surface area contributed by atoms with Crippen LogP contribution in [-0.2, 0) is 6.42 Å². The molecule has 108 valence electrons. The molecule has 1 amide bonds. The van der Waals surface area contributed by atoms with Crippen LogP contribution in [0.1, 0.15) is 33.9 Å². The molecule has 1 heterocycles. The van der Waals surface area contributed by atoms with Crippen molar-refractivity contribution in [2.24, 2.45) is 0 Å². The van der Waals surface area contributed by atoms with Crippen LogP contribution >= 0.6 is 0 Å². The number of hydrogen-bond acceptors (Lipinski definition) is 2. The zero-order valence-electron chi connectivity index (χ0n) is 12.1. The van der Waals surface area contributed by atoms with E-state index in [1.54, 1.807) is 12.3 Å². The summed E-state index contributed by atoms with van der Waals surface area (Å²) < 4.78 is 0. The molecule has 1 aliphatic carbocycles. The van der Waals surface area contributed by atoms with Crippen LogP contribution in [0, 0.1) is 0 Å². The number of carbonyl (C=O) groups excluding carboxylic acids is 1. The summed E-state index contributed by atoms with van der Waals surface area (Å²) in [6, 6.07) is 18.0. The van der Waals surface area contributed by atoms with Gasteiger partial charge in [-0.15, -0.1) is 0 Å². The van der Waals surface area contributed by atoms with Crippen LogP contribution in [0.3, 0.4) is 0 Å². The summed E-state index contributed by atoms with van der Waals surface area (Å²) in [5, 5.41) is 4.07. The summed E-state index contributed by atoms with van der Waals surface area (Å²) in [5.74, 6) is -0.0275. The van der Waals surface area contributed by atoms with Gasteiger partial charge in [-0.05, 0) is 36.1 Å². The number of fused-ring (bicyclic) bond motifs is 2. The van der Waals surface area contributed by atoms with Crippen LogP contribution in [0.25, 0.3) is 10.9 Å². The van der Waals surface area contributed by atoms with E-state index in [2.05, 4.69) is 28.5 Å². The highest BCUT2D eigenvalue weighted by Gasteiger charge is 2.24. The van der Waals surface area contributed by atoms with Crippen LogP contribution < -0.4 is 5.32 Å². The molecule has 1 atom stereocenters. The standard InChI is InChI=1S/C19H16N2O/c22-19(16-11-12-20-17-8-4-3-7-15(16)17)21-18-10-9-13-5-1-2-6-14(13)18/h1-8,11-12,18H,9-10H2,(H,21,22). The van der Waals surface area contributed by atoms with Crippen molar-refractivity contribution >= 4 is 16.8 Å². The van der Waals surface area contributed by atoms with Gasteiger partial charge in [0.1, 0.15) is 0 Å². The van der Waals surface area contributed by atoms with E-state index in [1.807, 2.05) is 30.3 Å². The Morgan fingerprint density at radius 3 is 2.82 bits per heavy atom. The maximum Gasteiger partial charge on any atom is 0.252 e. The van der Waals surface area contributed by atoms with Gasteiger partial charge in [-0.1, -0.05) is 42.5 Å². The Hall–Kier alpha value is -2.68. The van der Waals surface area contributed by atoms with E-state index < -0.39 is 0 Å². The molecule has 3 heteroatoms. The molecule has 0 saturated carbocycles. The molecule has 3 aromatic rings. The lowest BCUT2D eigenvalue weighted by atomic mass is 10.1. The van der Waals surface area contributed by atoms with Crippen molar-refractivity contribution in [2.75, 3.05) is 0 Å². The minimum absolute atomic E-state index is 0.0275. The topological polar surface area (TPSA) is 42.0 Å². The van der Waals surface area contributed by atoms with Gasteiger partial charge in [0.05, 0.1) is 17.1 Å². The Labute approximate surface area is 129 Å². The summed E-state index contributed by atoms with van der Waals surface area (Å²) in [4.78, 5) is 17.0. The van der Waals surface area contributed by atoms with Gasteiger partial charge in [0.15, 0.2) is 0 Å². The molecule has 0 saturated heterocycles. The van der Waals surface area contributed by atoms with Crippen molar-refractivity contribution in [1.29, 1.82) is 0 Å². The Bertz CT molecular complexity index is 851. The predicted molar refractivity (Wildman–Crippen MR) is 86.7 cm³/mol. The fourth-order valence-electron chi connectivity index (χ4n) is 3.24. The van der Waals surface area contributed by atoms with E-state index in [1.165, 1.54) is 11.1 Å². The minimum Gasteiger partial charge on any atom is -0.345 e. The number of nitrogens with one attached hydrogen (secondary N) is 1. The number of para-hydroxylation sites is 1. The van der Waals surface area contributed by atoms with Gasteiger partial charge in [-0.3, -0.25) is 9.78 Å². The predicted octanol–water partition coefficient (Wildman–Crippen LogP) is 3.65. The molecule has 0 bridgehead atoms. The molecule has 2 aromatic carbocycles. The first-order valence-electron chi connectivity index (χ1n) is 7.55. The van der Waals surface area contributed by atoms with Crippen LogP contribution in [0.15, 0.2) is 60.8 Å². The third-order valence-corrected chi connectivity index (χ3v) is 4.33. The van der Waals surface area contributed by atoms with Gasteiger partial charge in [-0.2, -0.15) is 0 Å². The van der Waals surface area contributed by atoms with Crippen LogP contribution in [-0.4, -0.2) is 10.9 Å². The lowest BCUT2D eigenvalue weighted by Gasteiger charge is -2.15. The molecule has 0 fully saturated rings. The molecule has 1 N–H and O–H groups in total. The molecule has 4 rings (SSSR count). The fraction of sp³-hybridized carbons (Fsp3) is 0.158. The second-order valence-electron chi connectivity index (χ2n) is 5.64. The number of aromatic nitrogens is 1. The molecule has 0 radical (unpaired) electrons. The normalized spacial score (nSPS) is 16.5. The lowest BCUT2D eigenvalue weighted by molar-refractivity contribution is 0.0938. The Morgan fingerprint density at radius 1 is 1.05 bits per heavy atom. The first-order valence-corrected chi connectivity index (χ1v) is 7.55. The fourth-order valence-corrected chi connectivity index (χ4v) is 3.24. The molecule has 1 aromatic heterocycles. The van der Waals surface area contributed by atoms with E-state index in [9.17, 15) is 4.79 Å². The third-order valence-electron chi connectivity index (χ3n) is 4.33. The van der Waals surface area contributed by atoms with E-state index in [-0.39, 0.29) is 11.9 Å². The quantitative estimate of drug-likeness (QED) is 0.782. The smallest absolute Gasteiger partial charge is 0.252 e. The third kappa shape index (κ3) is 2.15. The summed E-state index contributed by atoms with van der Waals surface area (Å²) in [6.07, 6.45) is 3.69. The second-order valence-corrected chi connectivity index (χ2v) is 5.64. The van der Waals surface area contributed by atoms with Crippen molar-refractivity contribution in [3.63, 3.8) is 0 Å². The minimum atomic E-state index is -0.0275. The Balaban J connectivity index is 1.65. The highest BCUT2D eigenvalue weighted by Crippen LogP contribution is 2.31. The lowest BCUT2D eigenvalue weighted by Crippen LogP contribution is -2.27. The van der Waals surface area contributed by atoms with E-state index in [4.69, 9.17) is 0 Å². The molecule has 22 heavy (non-hydrogen) atoms. The van der Waals surface area contributed by atoms with Crippen molar-refractivity contribution < 1.29 is 4.79 Å². The van der Waals surface area contributed by atoms with Gasteiger partial charge >= 0.3 is 0 Å². The molecule has 3 nitrogen and oxygen atoms in total. The largest absolute Gasteiger partial charge is 0.345 e. The van der Waals surface area contributed by atoms with E-state index in [0.29, 0.717) is 5.56 Å². The highest BCUT2D eigenvalue weighted by molar-refractivity contribution is 6.06. The molecular formula is C19H16N2O. The number of carbonyl (C=O) groups is 1. The van der Waals surface area contributed by atoms with Crippen molar-refractivity contribution in [3.05, 3.63) is 77.5 Å². The van der Waals surface area contributed by atoms with Crippen molar-refractivity contribution in [2.45, 2.75) is 18.9 Å². The van der Waals surface area contributed by atoms with Crippen LogP contribution in [0.2, 0.25) is 0 Å². The maximum absolute atomic E-state index is 12.7. The summed E-state index contributed by atoms with van der Waals surface area (Å²) in [7, 11) is 0. The summed E-state index contributed by atoms with van der Waals surface area (Å²) in [5.41, 5.74) is 4.12. The second kappa shape index (κ2) is 5.26. The average molecular weight is 288 g/mol. The van der Waals surface area contributed by atoms with E-state index in [0.717, 1.165) is 23.7 Å². The van der Waals surface area contributed by atoms with Gasteiger partial charge < -0.3 is 5.32 Å². The van der Waals surface area contributed by atoms with Crippen molar-refractivity contribution in [3.8, 4) is 0 Å². The number of nitrogens with zero attached hydrogens (tertiary/aromatic N) is 1. The molecule has 1 aliphatic rings. The number of amides is 1. The van der Waals surface area contributed by atoms with Gasteiger partial charge in [-0.25, -0.2) is 0 Å². The van der Waals surface area contributed by atoms with Gasteiger partial charge in [0, 0.05) is 11.6 Å². The number of benzene rings is 2. The first kappa shape index (κ1) is 13.0. The van der Waals surface area contributed by atoms with Crippen LogP contribution in [0.5, 0.6) is 0 Å². The van der Waals surface area contributed by atoms with Gasteiger partial charge in [0.2, 0.25) is 0 Å². The number of aryl methyl sites for hydroxylation is 1. The zero-order chi connectivity index (χ0) is 14.9. The summed E-state index contributed by atoms with van der Waals surface area (Å²) in [6.45, 7) is 0. The first-order chi connectivity index (χ1) is 10.8. The number of hydrogen-bond donors (Lipinski definition) is 1. The maximum atomic E-state index is 12.7. The zero-order valence-corrected chi connectivity index (χ0v) is 12.1. The molecule has 1 unspecified atom stereocenters. The molecular weight excluding hydrogens is 272 g/mol. The summed E-state index contributed by atoms with van der Waals surface area (Å²) >= 11 is 0. The van der Waals surface area contributed by atoms with Crippen molar-refractivity contribution in [1.82, 2.24) is 10.3 Å². The molecule has 0 spiro atoms. The number of rotatable bonds is 2. The SMILES string of the molecule is O=C(NC1CCc2ccccc21)c1ccnc2ccccc12. The Kier molecular flexibility index (Phi) is 3.11. The van der Waals surface area contributed by atoms with Crippen LogP contribution in [0.4, 0.5) is 0 Å². The monoisotopic (exact) mass is 288 g/mol. The van der Waals surface area contributed by atoms with E-state index >= 15 is 0 Å². The number of pyridine rings is 1. The average Bonchev–Trinajstić information content (AvgIpc) is 2.97. The van der Waals surface area contributed by atoms with Gasteiger partial charge in [0.25, 0.3) is 5.91 Å². The molecule has 0 aliphatic heterocycles.